The third-order valence-electron chi connectivity index (χ3n) is 2.45. The minimum absolute atomic E-state index is 0.611. The number of nitrogens with zero attached hydrogens (tertiary/aromatic N) is 2. The summed E-state index contributed by atoms with van der Waals surface area (Å²) in [5.41, 5.74) is 2.47. The molecule has 0 spiro atoms. The number of aryl methyl sites for hydroxylation is 1. The molecule has 0 atom stereocenters. The lowest BCUT2D eigenvalue weighted by atomic mass is 10.1. The van der Waals surface area contributed by atoms with E-state index in [2.05, 4.69) is 18.0 Å². The van der Waals surface area contributed by atoms with Crippen LogP contribution >= 0.6 is 11.6 Å². The number of hydrogen-bond donors (Lipinski definition) is 0. The van der Waals surface area contributed by atoms with Crippen LogP contribution in [0.15, 0.2) is 24.3 Å². The maximum atomic E-state index is 8.81. The molecular weight excluding hydrogens is 220 g/mol. The molecule has 2 nitrogen and oxygen atoms in total. The van der Waals surface area contributed by atoms with Gasteiger partial charge in [0.1, 0.15) is 0 Å². The van der Waals surface area contributed by atoms with Crippen molar-refractivity contribution in [3.8, 4) is 6.07 Å². The van der Waals surface area contributed by atoms with Gasteiger partial charge in [-0.25, -0.2) is 0 Å². The molecule has 1 aromatic heterocycles. The van der Waals surface area contributed by atoms with E-state index in [4.69, 9.17) is 16.9 Å². The first-order chi connectivity index (χ1) is 7.74. The van der Waals surface area contributed by atoms with E-state index >= 15 is 0 Å². The number of rotatable bonds is 2. The van der Waals surface area contributed by atoms with Crippen molar-refractivity contribution >= 4 is 22.5 Å². The molecule has 2 rings (SSSR count). The lowest BCUT2D eigenvalue weighted by Crippen LogP contribution is -1.91. The van der Waals surface area contributed by atoms with Crippen LogP contribution in [0.1, 0.15) is 24.6 Å². The highest BCUT2D eigenvalue weighted by atomic mass is 35.5. The highest BCUT2D eigenvalue weighted by Gasteiger charge is 2.04. The Labute approximate surface area is 99.5 Å². The SMILES string of the molecule is CCCc1cc(Cl)c2cc(C#N)ccc2n1. The molecule has 80 valence electrons. The molecule has 0 saturated carbocycles. The van der Waals surface area contributed by atoms with Gasteiger partial charge in [0.25, 0.3) is 0 Å². The summed E-state index contributed by atoms with van der Waals surface area (Å²) in [5, 5.41) is 10.3. The fourth-order valence-electron chi connectivity index (χ4n) is 1.69. The highest BCUT2D eigenvalue weighted by molar-refractivity contribution is 6.35. The van der Waals surface area contributed by atoms with Gasteiger partial charge in [0.15, 0.2) is 0 Å². The molecule has 16 heavy (non-hydrogen) atoms. The molecule has 0 aliphatic rings. The smallest absolute Gasteiger partial charge is 0.0991 e. The van der Waals surface area contributed by atoms with Gasteiger partial charge in [0.05, 0.1) is 22.2 Å². The number of fused-ring (bicyclic) bond motifs is 1. The van der Waals surface area contributed by atoms with Gasteiger partial charge in [-0.1, -0.05) is 24.9 Å². The van der Waals surface area contributed by atoms with E-state index < -0.39 is 0 Å². The number of pyridine rings is 1. The van der Waals surface area contributed by atoms with Crippen molar-refractivity contribution in [2.75, 3.05) is 0 Å². The maximum Gasteiger partial charge on any atom is 0.0991 e. The Hall–Kier alpha value is -1.59. The van der Waals surface area contributed by atoms with Crippen LogP contribution in [0, 0.1) is 11.3 Å². The number of hydrogen-bond acceptors (Lipinski definition) is 2. The van der Waals surface area contributed by atoms with Crippen LogP contribution in [0.2, 0.25) is 5.02 Å². The monoisotopic (exact) mass is 230 g/mol. The van der Waals surface area contributed by atoms with Crippen molar-refractivity contribution < 1.29 is 0 Å². The summed E-state index contributed by atoms with van der Waals surface area (Å²) >= 11 is 6.18. The molecule has 0 aliphatic heterocycles. The third-order valence-corrected chi connectivity index (χ3v) is 2.76. The van der Waals surface area contributed by atoms with Crippen molar-refractivity contribution in [1.82, 2.24) is 4.98 Å². The maximum absolute atomic E-state index is 8.81. The van der Waals surface area contributed by atoms with Crippen molar-refractivity contribution in [1.29, 1.82) is 5.26 Å². The zero-order valence-corrected chi connectivity index (χ0v) is 9.75. The van der Waals surface area contributed by atoms with Gasteiger partial charge in [0.2, 0.25) is 0 Å². The van der Waals surface area contributed by atoms with E-state index in [1.165, 1.54) is 0 Å². The second kappa shape index (κ2) is 4.51. The average Bonchev–Trinajstić information content (AvgIpc) is 2.29. The topological polar surface area (TPSA) is 36.7 Å². The average molecular weight is 231 g/mol. The van der Waals surface area contributed by atoms with E-state index in [0.717, 1.165) is 29.4 Å². The fourth-order valence-corrected chi connectivity index (χ4v) is 1.97. The molecular formula is C13H11ClN2. The zero-order chi connectivity index (χ0) is 11.5. The first-order valence-electron chi connectivity index (χ1n) is 5.24. The molecule has 0 amide bonds. The molecule has 1 heterocycles. The van der Waals surface area contributed by atoms with Crippen LogP contribution in [-0.4, -0.2) is 4.98 Å². The molecule has 0 N–H and O–H groups in total. The van der Waals surface area contributed by atoms with Crippen LogP contribution in [0.5, 0.6) is 0 Å². The summed E-state index contributed by atoms with van der Waals surface area (Å²) in [6.07, 6.45) is 1.97. The van der Waals surface area contributed by atoms with E-state index in [-0.39, 0.29) is 0 Å². The van der Waals surface area contributed by atoms with Gasteiger partial charge in [-0.2, -0.15) is 5.26 Å². The van der Waals surface area contributed by atoms with Crippen LogP contribution in [0.25, 0.3) is 10.9 Å². The van der Waals surface area contributed by atoms with Crippen LogP contribution in [-0.2, 0) is 6.42 Å². The molecule has 2 aromatic rings. The summed E-state index contributed by atoms with van der Waals surface area (Å²) in [6.45, 7) is 2.11. The minimum atomic E-state index is 0.611. The fraction of sp³-hybridized carbons (Fsp3) is 0.231. The number of nitriles is 1. The number of aromatic nitrogens is 1. The van der Waals surface area contributed by atoms with Gasteiger partial charge in [-0.15, -0.1) is 0 Å². The summed E-state index contributed by atoms with van der Waals surface area (Å²) in [6, 6.07) is 9.37. The Bertz CT molecular complexity index is 570. The Morgan fingerprint density at radius 3 is 2.88 bits per heavy atom. The number of halogens is 1. The molecule has 0 saturated heterocycles. The van der Waals surface area contributed by atoms with Gasteiger partial charge in [-0.05, 0) is 30.7 Å². The van der Waals surface area contributed by atoms with Crippen molar-refractivity contribution in [2.24, 2.45) is 0 Å². The molecule has 0 radical (unpaired) electrons. The molecule has 1 aromatic carbocycles. The summed E-state index contributed by atoms with van der Waals surface area (Å²) in [7, 11) is 0. The second-order valence-electron chi connectivity index (χ2n) is 3.69. The minimum Gasteiger partial charge on any atom is -0.253 e. The Balaban J connectivity index is 2.62. The van der Waals surface area contributed by atoms with E-state index in [1.54, 1.807) is 12.1 Å². The summed E-state index contributed by atoms with van der Waals surface area (Å²) in [4.78, 5) is 4.51. The van der Waals surface area contributed by atoms with Gasteiger partial charge >= 0.3 is 0 Å². The largest absolute Gasteiger partial charge is 0.253 e. The van der Waals surface area contributed by atoms with Crippen molar-refractivity contribution in [2.45, 2.75) is 19.8 Å². The van der Waals surface area contributed by atoms with Gasteiger partial charge in [0, 0.05) is 11.1 Å². The Morgan fingerprint density at radius 1 is 1.38 bits per heavy atom. The Morgan fingerprint density at radius 2 is 2.19 bits per heavy atom. The van der Waals surface area contributed by atoms with E-state index in [0.29, 0.717) is 10.6 Å². The number of benzene rings is 1. The molecule has 3 heteroatoms. The Kier molecular flexibility index (Phi) is 3.07. The van der Waals surface area contributed by atoms with Gasteiger partial charge in [-0.3, -0.25) is 4.98 Å². The van der Waals surface area contributed by atoms with Crippen molar-refractivity contribution in [3.63, 3.8) is 0 Å². The third kappa shape index (κ3) is 2.00. The molecule has 0 fully saturated rings. The second-order valence-corrected chi connectivity index (χ2v) is 4.10. The first-order valence-corrected chi connectivity index (χ1v) is 5.61. The highest BCUT2D eigenvalue weighted by Crippen LogP contribution is 2.24. The predicted molar refractivity (Wildman–Crippen MR) is 65.5 cm³/mol. The van der Waals surface area contributed by atoms with Crippen LogP contribution < -0.4 is 0 Å². The first kappa shape index (κ1) is 10.9. The predicted octanol–water partition coefficient (Wildman–Crippen LogP) is 3.71. The van der Waals surface area contributed by atoms with E-state index in [9.17, 15) is 0 Å². The quantitative estimate of drug-likeness (QED) is 0.789. The van der Waals surface area contributed by atoms with E-state index in [1.807, 2.05) is 12.1 Å². The molecule has 0 bridgehead atoms. The standard InChI is InChI=1S/C13H11ClN2/c1-2-3-10-7-12(14)11-6-9(8-15)4-5-13(11)16-10/h4-7H,2-3H2,1H3. The summed E-state index contributed by atoms with van der Waals surface area (Å²) < 4.78 is 0. The van der Waals surface area contributed by atoms with Crippen LogP contribution in [0.3, 0.4) is 0 Å². The van der Waals surface area contributed by atoms with Crippen molar-refractivity contribution in [3.05, 3.63) is 40.5 Å². The normalized spacial score (nSPS) is 10.3. The van der Waals surface area contributed by atoms with Gasteiger partial charge < -0.3 is 0 Å². The molecule has 0 aliphatic carbocycles. The molecule has 0 unspecified atom stereocenters. The zero-order valence-electron chi connectivity index (χ0n) is 9.00. The lowest BCUT2D eigenvalue weighted by Gasteiger charge is -2.04. The lowest BCUT2D eigenvalue weighted by molar-refractivity contribution is 0.890. The summed E-state index contributed by atoms with van der Waals surface area (Å²) in [5.74, 6) is 0. The van der Waals surface area contributed by atoms with Crippen LogP contribution in [0.4, 0.5) is 0 Å².